The smallest absolute Gasteiger partial charge is 0.245 e. The summed E-state index contributed by atoms with van der Waals surface area (Å²) in [5, 5.41) is 0. The third-order valence-corrected chi connectivity index (χ3v) is 3.99. The van der Waals surface area contributed by atoms with E-state index in [9.17, 15) is 18.4 Å². The normalized spacial score (nSPS) is 21.1. The molecule has 0 aromatic heterocycles. The molecule has 2 rings (SSSR count). The molecular weight excluding hydrogens is 294 g/mol. The Bertz CT molecular complexity index is 594. The highest BCUT2D eigenvalue weighted by atomic mass is 19.1. The zero-order chi connectivity index (χ0) is 16.3. The average molecular weight is 312 g/mol. The van der Waals surface area contributed by atoms with Crippen molar-refractivity contribution in [3.05, 3.63) is 35.4 Å². The Labute approximate surface area is 127 Å². The van der Waals surface area contributed by atoms with E-state index in [0.717, 1.165) is 12.1 Å². The van der Waals surface area contributed by atoms with E-state index in [1.165, 1.54) is 18.1 Å². The summed E-state index contributed by atoms with van der Waals surface area (Å²) in [7, 11) is 1.42. The first-order chi connectivity index (χ1) is 10.4. The summed E-state index contributed by atoms with van der Waals surface area (Å²) in [5.74, 6) is -2.57. The SMILES string of the molecule is COCC1(C(N)=O)CCCN1C(=O)Cc1ccc(F)cc1F. The number of hydrogen-bond acceptors (Lipinski definition) is 3. The topological polar surface area (TPSA) is 72.6 Å². The Balaban J connectivity index is 2.22. The second kappa shape index (κ2) is 6.39. The number of hydrogen-bond donors (Lipinski definition) is 1. The number of carbonyl (C=O) groups excluding carboxylic acids is 2. The molecule has 1 fully saturated rings. The minimum absolute atomic E-state index is 0.0000265. The third kappa shape index (κ3) is 2.94. The molecule has 1 saturated heterocycles. The van der Waals surface area contributed by atoms with Crippen molar-refractivity contribution in [1.82, 2.24) is 4.90 Å². The Kier molecular flexibility index (Phi) is 4.75. The number of nitrogens with zero attached hydrogens (tertiary/aromatic N) is 1. The van der Waals surface area contributed by atoms with Crippen molar-refractivity contribution in [3.8, 4) is 0 Å². The van der Waals surface area contributed by atoms with Crippen LogP contribution < -0.4 is 5.73 Å². The van der Waals surface area contributed by atoms with Crippen LogP contribution in [0.15, 0.2) is 18.2 Å². The van der Waals surface area contributed by atoms with Crippen LogP contribution in [0.4, 0.5) is 8.78 Å². The van der Waals surface area contributed by atoms with Gasteiger partial charge in [-0.15, -0.1) is 0 Å². The maximum atomic E-state index is 13.7. The molecule has 0 bridgehead atoms. The maximum Gasteiger partial charge on any atom is 0.245 e. The Morgan fingerprint density at radius 2 is 2.14 bits per heavy atom. The quantitative estimate of drug-likeness (QED) is 0.881. The zero-order valence-corrected chi connectivity index (χ0v) is 12.3. The van der Waals surface area contributed by atoms with Gasteiger partial charge in [0.25, 0.3) is 0 Å². The Hall–Kier alpha value is -2.02. The van der Waals surface area contributed by atoms with Gasteiger partial charge in [0.15, 0.2) is 0 Å². The first-order valence-electron chi connectivity index (χ1n) is 6.94. The van der Waals surface area contributed by atoms with E-state index in [-0.39, 0.29) is 18.6 Å². The Morgan fingerprint density at radius 3 is 2.73 bits per heavy atom. The van der Waals surface area contributed by atoms with Crippen LogP contribution in [0.3, 0.4) is 0 Å². The molecule has 0 aliphatic carbocycles. The summed E-state index contributed by atoms with van der Waals surface area (Å²) < 4.78 is 31.6. The van der Waals surface area contributed by atoms with Gasteiger partial charge in [0.05, 0.1) is 13.0 Å². The Morgan fingerprint density at radius 1 is 1.41 bits per heavy atom. The van der Waals surface area contributed by atoms with Gasteiger partial charge in [-0.1, -0.05) is 6.07 Å². The van der Waals surface area contributed by atoms with Crippen molar-refractivity contribution in [2.75, 3.05) is 20.3 Å². The molecule has 1 aliphatic heterocycles. The molecule has 1 aliphatic rings. The number of halogens is 2. The number of likely N-dealkylation sites (tertiary alicyclic amines) is 1. The maximum absolute atomic E-state index is 13.7. The number of carbonyl (C=O) groups is 2. The lowest BCUT2D eigenvalue weighted by Gasteiger charge is -2.35. The highest BCUT2D eigenvalue weighted by molar-refractivity contribution is 5.92. The van der Waals surface area contributed by atoms with Gasteiger partial charge in [-0.05, 0) is 24.5 Å². The first kappa shape index (κ1) is 16.4. The van der Waals surface area contributed by atoms with E-state index in [1.54, 1.807) is 0 Å². The van der Waals surface area contributed by atoms with Crippen molar-refractivity contribution in [1.29, 1.82) is 0 Å². The molecule has 2 amide bonds. The molecule has 0 radical (unpaired) electrons. The van der Waals surface area contributed by atoms with Gasteiger partial charge in [0.2, 0.25) is 11.8 Å². The van der Waals surface area contributed by atoms with Crippen LogP contribution in [0.5, 0.6) is 0 Å². The van der Waals surface area contributed by atoms with Crippen LogP contribution in [0.25, 0.3) is 0 Å². The highest BCUT2D eigenvalue weighted by Crippen LogP contribution is 2.30. The van der Waals surface area contributed by atoms with Gasteiger partial charge in [0, 0.05) is 19.7 Å². The van der Waals surface area contributed by atoms with Crippen molar-refractivity contribution in [2.45, 2.75) is 24.8 Å². The van der Waals surface area contributed by atoms with E-state index in [1.807, 2.05) is 0 Å². The molecule has 1 unspecified atom stereocenters. The minimum atomic E-state index is -1.19. The molecule has 1 heterocycles. The number of rotatable bonds is 5. The number of primary amides is 1. The fourth-order valence-corrected chi connectivity index (χ4v) is 2.88. The summed E-state index contributed by atoms with van der Waals surface area (Å²) in [6.45, 7) is 0.355. The van der Waals surface area contributed by atoms with Crippen LogP contribution in [0, 0.1) is 11.6 Å². The fourth-order valence-electron chi connectivity index (χ4n) is 2.88. The molecule has 22 heavy (non-hydrogen) atoms. The zero-order valence-electron chi connectivity index (χ0n) is 12.3. The van der Waals surface area contributed by atoms with Gasteiger partial charge in [0.1, 0.15) is 17.2 Å². The van der Waals surface area contributed by atoms with Crippen LogP contribution in [-0.4, -0.2) is 42.5 Å². The van der Waals surface area contributed by atoms with E-state index >= 15 is 0 Å². The van der Waals surface area contributed by atoms with Gasteiger partial charge < -0.3 is 15.4 Å². The largest absolute Gasteiger partial charge is 0.382 e. The highest BCUT2D eigenvalue weighted by Gasteiger charge is 2.48. The number of amides is 2. The van der Waals surface area contributed by atoms with Gasteiger partial charge >= 0.3 is 0 Å². The molecule has 0 saturated carbocycles. The second-order valence-corrected chi connectivity index (χ2v) is 5.39. The van der Waals surface area contributed by atoms with E-state index in [2.05, 4.69) is 0 Å². The summed E-state index contributed by atoms with van der Waals surface area (Å²) in [4.78, 5) is 25.6. The minimum Gasteiger partial charge on any atom is -0.382 e. The van der Waals surface area contributed by atoms with E-state index in [0.29, 0.717) is 19.4 Å². The number of nitrogens with two attached hydrogens (primary N) is 1. The monoisotopic (exact) mass is 312 g/mol. The van der Waals surface area contributed by atoms with Crippen molar-refractivity contribution in [2.24, 2.45) is 5.73 Å². The van der Waals surface area contributed by atoms with Crippen molar-refractivity contribution in [3.63, 3.8) is 0 Å². The molecular formula is C15H18F2N2O3. The number of benzene rings is 1. The number of methoxy groups -OCH3 is 1. The predicted octanol–water partition coefficient (Wildman–Crippen LogP) is 1.00. The van der Waals surface area contributed by atoms with Crippen LogP contribution in [-0.2, 0) is 20.7 Å². The first-order valence-corrected chi connectivity index (χ1v) is 6.94. The molecule has 1 atom stereocenters. The van der Waals surface area contributed by atoms with Crippen molar-refractivity contribution >= 4 is 11.8 Å². The van der Waals surface area contributed by atoms with Crippen LogP contribution >= 0.6 is 0 Å². The third-order valence-electron chi connectivity index (χ3n) is 3.99. The summed E-state index contributed by atoms with van der Waals surface area (Å²) in [6, 6.07) is 3.04. The van der Waals surface area contributed by atoms with Crippen LogP contribution in [0.2, 0.25) is 0 Å². The molecule has 7 heteroatoms. The molecule has 5 nitrogen and oxygen atoms in total. The van der Waals surface area contributed by atoms with Crippen LogP contribution in [0.1, 0.15) is 18.4 Å². The molecule has 2 N–H and O–H groups in total. The lowest BCUT2D eigenvalue weighted by molar-refractivity contribution is -0.146. The van der Waals surface area contributed by atoms with E-state index in [4.69, 9.17) is 10.5 Å². The van der Waals surface area contributed by atoms with E-state index < -0.39 is 29.0 Å². The second-order valence-electron chi connectivity index (χ2n) is 5.39. The lowest BCUT2D eigenvalue weighted by Crippen LogP contribution is -2.59. The fraction of sp³-hybridized carbons (Fsp3) is 0.467. The summed E-state index contributed by atoms with van der Waals surface area (Å²) >= 11 is 0. The number of ether oxygens (including phenoxy) is 1. The van der Waals surface area contributed by atoms with Gasteiger partial charge in [-0.2, -0.15) is 0 Å². The lowest BCUT2D eigenvalue weighted by atomic mass is 9.95. The molecule has 120 valence electrons. The summed E-state index contributed by atoms with van der Waals surface area (Å²) in [6.07, 6.45) is 0.766. The predicted molar refractivity (Wildman–Crippen MR) is 74.8 cm³/mol. The standard InChI is InChI=1S/C15H18F2N2O3/c1-22-9-15(14(18)21)5-2-6-19(15)13(20)7-10-3-4-11(16)8-12(10)17/h3-4,8H,2,5-7,9H2,1H3,(H2,18,21). The average Bonchev–Trinajstić information content (AvgIpc) is 2.87. The molecule has 1 aromatic carbocycles. The van der Waals surface area contributed by atoms with Gasteiger partial charge in [-0.3, -0.25) is 9.59 Å². The van der Waals surface area contributed by atoms with Gasteiger partial charge in [-0.25, -0.2) is 8.78 Å². The molecule has 0 spiro atoms. The van der Waals surface area contributed by atoms with Crippen molar-refractivity contribution < 1.29 is 23.1 Å². The molecule has 1 aromatic rings. The summed E-state index contributed by atoms with van der Waals surface area (Å²) in [5.41, 5.74) is 4.34.